The monoisotopic (exact) mass is 346 g/mol. The van der Waals surface area contributed by atoms with Crippen LogP contribution in [0.4, 0.5) is 0 Å². The molecule has 4 heteroatoms. The van der Waals surface area contributed by atoms with Crippen molar-refractivity contribution in [2.24, 2.45) is 11.8 Å². The van der Waals surface area contributed by atoms with Crippen LogP contribution in [-0.2, 0) is 0 Å². The Morgan fingerprint density at radius 1 is 0.417 bits per heavy atom. The zero-order valence-corrected chi connectivity index (χ0v) is 15.7. The Bertz CT molecular complexity index is 204. The fraction of sp³-hybridized carbons (Fsp3) is 1.00. The number of hydrogen-bond donors (Lipinski definition) is 4. The third-order valence-corrected chi connectivity index (χ3v) is 5.05. The quantitative estimate of drug-likeness (QED) is 0.384. The fourth-order valence-electron chi connectivity index (χ4n) is 3.23. The highest BCUT2D eigenvalue weighted by Crippen LogP contribution is 2.27. The van der Waals surface area contributed by atoms with Crippen LogP contribution in [0, 0.1) is 11.8 Å². The largest absolute Gasteiger partial charge is 0.396 e. The molecule has 0 saturated heterocycles. The summed E-state index contributed by atoms with van der Waals surface area (Å²) < 4.78 is 0. The fourth-order valence-corrected chi connectivity index (χ4v) is 3.23. The van der Waals surface area contributed by atoms with Crippen LogP contribution >= 0.6 is 0 Å². The van der Waals surface area contributed by atoms with Crippen molar-refractivity contribution < 1.29 is 20.4 Å². The zero-order valence-electron chi connectivity index (χ0n) is 15.7. The molecule has 0 atom stereocenters. The highest BCUT2D eigenvalue weighted by Gasteiger charge is 2.19. The molecule has 1 fully saturated rings. The molecule has 0 spiro atoms. The summed E-state index contributed by atoms with van der Waals surface area (Å²) in [5.74, 6) is 1.03. The molecular formula is C20H42O4. The molecule has 0 aromatic rings. The summed E-state index contributed by atoms with van der Waals surface area (Å²) in [5.41, 5.74) is 0. The van der Waals surface area contributed by atoms with E-state index in [1.54, 1.807) is 0 Å². The minimum Gasteiger partial charge on any atom is -0.396 e. The van der Waals surface area contributed by atoms with Crippen molar-refractivity contribution in [1.82, 2.24) is 0 Å². The van der Waals surface area contributed by atoms with Crippen molar-refractivity contribution in [3.8, 4) is 0 Å². The maximum absolute atomic E-state index is 8.79. The molecule has 4 nitrogen and oxygen atoms in total. The molecule has 0 heterocycles. The molecule has 1 saturated carbocycles. The lowest BCUT2D eigenvalue weighted by Gasteiger charge is -2.25. The second kappa shape index (κ2) is 19.2. The van der Waals surface area contributed by atoms with Crippen molar-refractivity contribution in [1.29, 1.82) is 0 Å². The molecule has 1 rings (SSSR count). The Balaban J connectivity index is 0.000000463. The molecule has 0 unspecified atom stereocenters. The van der Waals surface area contributed by atoms with E-state index in [9.17, 15) is 0 Å². The molecule has 0 aliphatic heterocycles. The van der Waals surface area contributed by atoms with Crippen LogP contribution in [0.15, 0.2) is 0 Å². The molecule has 1 aliphatic carbocycles. The molecule has 0 aromatic carbocycles. The molecule has 0 bridgehead atoms. The van der Waals surface area contributed by atoms with E-state index in [4.69, 9.17) is 20.4 Å². The lowest BCUT2D eigenvalue weighted by atomic mass is 9.83. The van der Waals surface area contributed by atoms with Gasteiger partial charge in [-0.15, -0.1) is 0 Å². The number of aliphatic hydroxyl groups excluding tert-OH is 4. The smallest absolute Gasteiger partial charge is 0.0459 e. The summed E-state index contributed by atoms with van der Waals surface area (Å²) in [6.07, 6.45) is 16.6. The number of unbranched alkanes of at least 4 members (excludes halogenated alkanes) is 9. The van der Waals surface area contributed by atoms with E-state index in [1.165, 1.54) is 51.4 Å². The van der Waals surface area contributed by atoms with Gasteiger partial charge in [-0.3, -0.25) is 0 Å². The van der Waals surface area contributed by atoms with Gasteiger partial charge < -0.3 is 20.4 Å². The van der Waals surface area contributed by atoms with E-state index >= 15 is 0 Å². The predicted molar refractivity (Wildman–Crippen MR) is 100.0 cm³/mol. The Morgan fingerprint density at radius 3 is 0.875 bits per heavy atom. The van der Waals surface area contributed by atoms with Crippen LogP contribution in [0.25, 0.3) is 0 Å². The maximum Gasteiger partial charge on any atom is 0.0459 e. The minimum atomic E-state index is 0.331. The standard InChI is InChI=1S/C12H26O2.C8H16O2/c13-11-9-7-5-3-1-2-4-6-8-10-12-14;9-5-7-1-2-8(6-10)4-3-7/h13-14H,1-12H2;7-10H,1-6H2. The first-order valence-electron chi connectivity index (χ1n) is 10.2. The van der Waals surface area contributed by atoms with Gasteiger partial charge in [0.15, 0.2) is 0 Å². The normalized spacial score (nSPS) is 20.5. The van der Waals surface area contributed by atoms with Crippen LogP contribution in [0.5, 0.6) is 0 Å². The summed E-state index contributed by atoms with van der Waals surface area (Å²) >= 11 is 0. The van der Waals surface area contributed by atoms with E-state index in [1.807, 2.05) is 0 Å². The summed E-state index contributed by atoms with van der Waals surface area (Å²) in [6, 6.07) is 0. The summed E-state index contributed by atoms with van der Waals surface area (Å²) in [7, 11) is 0. The molecule has 0 aromatic heterocycles. The van der Waals surface area contributed by atoms with Crippen molar-refractivity contribution >= 4 is 0 Å². The van der Waals surface area contributed by atoms with Gasteiger partial charge in [-0.25, -0.2) is 0 Å². The van der Waals surface area contributed by atoms with Gasteiger partial charge in [-0.1, -0.05) is 51.4 Å². The first-order valence-corrected chi connectivity index (χ1v) is 10.2. The highest BCUT2D eigenvalue weighted by atomic mass is 16.3. The minimum absolute atomic E-state index is 0.331. The third-order valence-electron chi connectivity index (χ3n) is 5.05. The van der Waals surface area contributed by atoms with Gasteiger partial charge in [0, 0.05) is 26.4 Å². The summed E-state index contributed by atoms with van der Waals surface area (Å²) in [5, 5.41) is 34.7. The van der Waals surface area contributed by atoms with Gasteiger partial charge in [0.2, 0.25) is 0 Å². The van der Waals surface area contributed by atoms with Crippen LogP contribution in [-0.4, -0.2) is 46.9 Å². The molecular weight excluding hydrogens is 304 g/mol. The van der Waals surface area contributed by atoms with E-state index in [-0.39, 0.29) is 0 Å². The van der Waals surface area contributed by atoms with E-state index in [0.717, 1.165) is 38.5 Å². The number of aliphatic hydroxyl groups is 4. The summed E-state index contributed by atoms with van der Waals surface area (Å²) in [4.78, 5) is 0. The van der Waals surface area contributed by atoms with Crippen molar-refractivity contribution in [2.75, 3.05) is 26.4 Å². The molecule has 146 valence electrons. The molecule has 0 amide bonds. The number of rotatable bonds is 13. The Hall–Kier alpha value is -0.160. The zero-order chi connectivity index (χ0) is 17.9. The van der Waals surface area contributed by atoms with Crippen LogP contribution in [0.3, 0.4) is 0 Å². The van der Waals surface area contributed by atoms with Gasteiger partial charge in [-0.2, -0.15) is 0 Å². The lowest BCUT2D eigenvalue weighted by molar-refractivity contribution is 0.131. The third kappa shape index (κ3) is 15.4. The van der Waals surface area contributed by atoms with Crippen LogP contribution in [0.2, 0.25) is 0 Å². The molecule has 24 heavy (non-hydrogen) atoms. The maximum atomic E-state index is 8.79. The van der Waals surface area contributed by atoms with Gasteiger partial charge in [-0.05, 0) is 50.4 Å². The first kappa shape index (κ1) is 23.8. The van der Waals surface area contributed by atoms with Gasteiger partial charge >= 0.3 is 0 Å². The van der Waals surface area contributed by atoms with Crippen molar-refractivity contribution in [3.05, 3.63) is 0 Å². The Labute approximate surface area is 149 Å². The lowest BCUT2D eigenvalue weighted by Crippen LogP contribution is -2.19. The topological polar surface area (TPSA) is 80.9 Å². The predicted octanol–water partition coefficient (Wildman–Crippen LogP) is 3.65. The summed E-state index contributed by atoms with van der Waals surface area (Å²) in [6.45, 7) is 1.36. The number of hydrogen-bond acceptors (Lipinski definition) is 4. The second-order valence-corrected chi connectivity index (χ2v) is 7.23. The van der Waals surface area contributed by atoms with Crippen molar-refractivity contribution in [2.45, 2.75) is 89.9 Å². The van der Waals surface area contributed by atoms with Crippen molar-refractivity contribution in [3.63, 3.8) is 0 Å². The van der Waals surface area contributed by atoms with Gasteiger partial charge in [0.1, 0.15) is 0 Å². The molecule has 4 N–H and O–H groups in total. The van der Waals surface area contributed by atoms with Gasteiger partial charge in [0.25, 0.3) is 0 Å². The van der Waals surface area contributed by atoms with E-state index in [2.05, 4.69) is 0 Å². The SMILES string of the molecule is OCC1CCC(CO)CC1.OCCCCCCCCCCCCO. The Kier molecular flexibility index (Phi) is 19.0. The van der Waals surface area contributed by atoms with Crippen LogP contribution < -0.4 is 0 Å². The average molecular weight is 347 g/mol. The van der Waals surface area contributed by atoms with E-state index < -0.39 is 0 Å². The highest BCUT2D eigenvalue weighted by molar-refractivity contribution is 4.70. The first-order chi connectivity index (χ1) is 11.8. The van der Waals surface area contributed by atoms with Crippen LogP contribution in [0.1, 0.15) is 89.9 Å². The average Bonchev–Trinajstić information content (AvgIpc) is 2.64. The second-order valence-electron chi connectivity index (χ2n) is 7.23. The molecule has 0 radical (unpaired) electrons. The molecule has 1 aliphatic rings. The van der Waals surface area contributed by atoms with E-state index in [0.29, 0.717) is 38.3 Å². The Morgan fingerprint density at radius 2 is 0.667 bits per heavy atom. The van der Waals surface area contributed by atoms with Gasteiger partial charge in [0.05, 0.1) is 0 Å².